The zero-order valence-corrected chi connectivity index (χ0v) is 16.6. The molecule has 0 aromatic heterocycles. The highest BCUT2D eigenvalue weighted by molar-refractivity contribution is 7.92. The van der Waals surface area contributed by atoms with Crippen LogP contribution in [-0.4, -0.2) is 80.0 Å². The summed E-state index contributed by atoms with van der Waals surface area (Å²) in [6.07, 6.45) is 1.67. The van der Waals surface area contributed by atoms with E-state index in [-0.39, 0.29) is 23.0 Å². The number of piperazine rings is 1. The topological polar surface area (TPSA) is 81.2 Å². The van der Waals surface area contributed by atoms with Crippen LogP contribution >= 0.6 is 11.6 Å². The molecular weight excluding hydrogens is 390 g/mol. The Kier molecular flexibility index (Phi) is 4.98. The molecule has 7 nitrogen and oxygen atoms in total. The van der Waals surface area contributed by atoms with Crippen molar-refractivity contribution in [1.82, 2.24) is 9.80 Å². The quantitative estimate of drug-likeness (QED) is 0.817. The van der Waals surface area contributed by atoms with Crippen LogP contribution in [-0.2, 0) is 9.84 Å². The van der Waals surface area contributed by atoms with E-state index in [1.165, 1.54) is 19.4 Å². The molecule has 3 saturated heterocycles. The molecule has 1 amide bonds. The summed E-state index contributed by atoms with van der Waals surface area (Å²) in [5.41, 5.74) is 0.948. The van der Waals surface area contributed by atoms with Crippen LogP contribution in [0.2, 0.25) is 5.02 Å². The van der Waals surface area contributed by atoms with Gasteiger partial charge in [-0.1, -0.05) is 11.6 Å². The van der Waals surface area contributed by atoms with Gasteiger partial charge in [0.15, 0.2) is 9.84 Å². The molecule has 3 heterocycles. The lowest BCUT2D eigenvalue weighted by atomic mass is 10.1. The van der Waals surface area contributed by atoms with Crippen LogP contribution < -0.4 is 4.90 Å². The number of carbonyl (C=O) groups is 1. The third kappa shape index (κ3) is 3.50. The summed E-state index contributed by atoms with van der Waals surface area (Å²) in [5, 5.41) is 8.54. The van der Waals surface area contributed by atoms with Crippen LogP contribution in [0.3, 0.4) is 0 Å². The number of anilines is 1. The van der Waals surface area contributed by atoms with Crippen molar-refractivity contribution in [2.75, 3.05) is 44.2 Å². The Hall–Kier alpha value is -1.51. The van der Waals surface area contributed by atoms with E-state index in [0.717, 1.165) is 30.2 Å². The highest BCUT2D eigenvalue weighted by Crippen LogP contribution is 2.33. The highest BCUT2D eigenvalue weighted by atomic mass is 35.5. The van der Waals surface area contributed by atoms with E-state index in [9.17, 15) is 13.2 Å². The fourth-order valence-electron chi connectivity index (χ4n) is 4.48. The Balaban J connectivity index is 1.52. The van der Waals surface area contributed by atoms with Crippen LogP contribution in [0.25, 0.3) is 0 Å². The second-order valence-corrected chi connectivity index (χ2v) is 10.2. The Bertz CT molecular complexity index is 847. The first kappa shape index (κ1) is 18.8. The maximum atomic E-state index is 12.9. The van der Waals surface area contributed by atoms with Gasteiger partial charge in [0.25, 0.3) is 0 Å². The molecule has 2 atom stereocenters. The van der Waals surface area contributed by atoms with Gasteiger partial charge in [-0.05, 0) is 44.0 Å². The molecule has 4 rings (SSSR count). The fourth-order valence-corrected chi connectivity index (χ4v) is 6.71. The Morgan fingerprint density at radius 1 is 1.11 bits per heavy atom. The number of nitrogens with zero attached hydrogens (tertiary/aromatic N) is 3. The van der Waals surface area contributed by atoms with E-state index in [1.54, 1.807) is 12.1 Å². The largest absolute Gasteiger partial charge is 0.465 e. The summed E-state index contributed by atoms with van der Waals surface area (Å²) in [5.74, 6) is 0. The molecule has 0 radical (unpaired) electrons. The Morgan fingerprint density at radius 3 is 2.63 bits per heavy atom. The number of likely N-dealkylation sites (tertiary alicyclic amines) is 1. The molecule has 148 valence electrons. The van der Waals surface area contributed by atoms with Gasteiger partial charge in [-0.25, -0.2) is 13.2 Å². The first-order chi connectivity index (χ1) is 12.9. The van der Waals surface area contributed by atoms with Crippen LogP contribution in [0.5, 0.6) is 0 Å². The zero-order chi connectivity index (χ0) is 19.2. The van der Waals surface area contributed by atoms with Crippen molar-refractivity contribution in [3.05, 3.63) is 23.2 Å². The van der Waals surface area contributed by atoms with Crippen molar-refractivity contribution in [3.8, 4) is 0 Å². The third-order valence-corrected chi connectivity index (χ3v) is 8.69. The number of halogens is 1. The molecule has 0 aliphatic carbocycles. The molecule has 0 spiro atoms. The molecule has 27 heavy (non-hydrogen) atoms. The number of amides is 1. The predicted molar refractivity (Wildman–Crippen MR) is 103 cm³/mol. The zero-order valence-electron chi connectivity index (χ0n) is 15.1. The van der Waals surface area contributed by atoms with Gasteiger partial charge >= 0.3 is 6.09 Å². The molecule has 0 bridgehead atoms. The number of rotatable bonds is 3. The van der Waals surface area contributed by atoms with Crippen LogP contribution in [0.15, 0.2) is 23.1 Å². The van der Waals surface area contributed by atoms with Crippen molar-refractivity contribution in [3.63, 3.8) is 0 Å². The van der Waals surface area contributed by atoms with Gasteiger partial charge in [0, 0.05) is 44.5 Å². The molecule has 0 saturated carbocycles. The SMILES string of the molecule is O=C(O)N1CC[C@H](S(=O)(=O)c2ccc(N3CCN4CCC[C@H]4C3)cc2Cl)C1. The molecule has 1 aromatic rings. The van der Waals surface area contributed by atoms with E-state index in [4.69, 9.17) is 16.7 Å². The normalized spacial score (nSPS) is 26.4. The lowest BCUT2D eigenvalue weighted by Gasteiger charge is -2.39. The van der Waals surface area contributed by atoms with E-state index < -0.39 is 21.2 Å². The third-order valence-electron chi connectivity index (χ3n) is 6.03. The molecule has 3 aliphatic rings. The Labute approximate surface area is 164 Å². The van der Waals surface area contributed by atoms with E-state index in [2.05, 4.69) is 9.80 Å². The average molecular weight is 414 g/mol. The maximum absolute atomic E-state index is 12.9. The van der Waals surface area contributed by atoms with E-state index in [0.29, 0.717) is 12.5 Å². The van der Waals surface area contributed by atoms with E-state index >= 15 is 0 Å². The molecule has 3 aliphatic heterocycles. The first-order valence-electron chi connectivity index (χ1n) is 9.36. The number of sulfone groups is 1. The number of benzene rings is 1. The number of fused-ring (bicyclic) bond motifs is 1. The molecule has 1 aromatic carbocycles. The minimum atomic E-state index is -3.66. The van der Waals surface area contributed by atoms with Crippen molar-refractivity contribution in [2.24, 2.45) is 0 Å². The minimum absolute atomic E-state index is 0.000608. The van der Waals surface area contributed by atoms with Crippen molar-refractivity contribution in [2.45, 2.75) is 35.4 Å². The summed E-state index contributed by atoms with van der Waals surface area (Å²) in [7, 11) is -3.66. The average Bonchev–Trinajstić information content (AvgIpc) is 3.30. The van der Waals surface area contributed by atoms with Crippen molar-refractivity contribution < 1.29 is 18.3 Å². The van der Waals surface area contributed by atoms with Gasteiger partial charge in [0.2, 0.25) is 0 Å². The van der Waals surface area contributed by atoms with Crippen LogP contribution in [0, 0.1) is 0 Å². The predicted octanol–water partition coefficient (Wildman–Crippen LogP) is 2.15. The maximum Gasteiger partial charge on any atom is 0.407 e. The second kappa shape index (κ2) is 7.14. The number of hydrogen-bond donors (Lipinski definition) is 1. The van der Waals surface area contributed by atoms with Crippen LogP contribution in [0.1, 0.15) is 19.3 Å². The monoisotopic (exact) mass is 413 g/mol. The molecule has 1 N–H and O–H groups in total. The molecular formula is C18H24ClN3O4S. The summed E-state index contributed by atoms with van der Waals surface area (Å²) in [4.78, 5) is 17.1. The van der Waals surface area contributed by atoms with Gasteiger partial charge in [0.1, 0.15) is 0 Å². The van der Waals surface area contributed by atoms with Gasteiger partial charge in [-0.15, -0.1) is 0 Å². The van der Waals surface area contributed by atoms with Crippen LogP contribution in [0.4, 0.5) is 10.5 Å². The molecule has 9 heteroatoms. The van der Waals surface area contributed by atoms with E-state index in [1.807, 2.05) is 6.07 Å². The van der Waals surface area contributed by atoms with Gasteiger partial charge < -0.3 is 14.9 Å². The lowest BCUT2D eigenvalue weighted by Crippen LogP contribution is -2.50. The molecule has 0 unspecified atom stereocenters. The van der Waals surface area contributed by atoms with Crippen molar-refractivity contribution in [1.29, 1.82) is 0 Å². The summed E-state index contributed by atoms with van der Waals surface area (Å²) < 4.78 is 25.9. The van der Waals surface area contributed by atoms with Gasteiger partial charge in [-0.3, -0.25) is 4.90 Å². The summed E-state index contributed by atoms with van der Waals surface area (Å²) >= 11 is 6.38. The standard InChI is InChI=1S/C18H24ClN3O4S/c19-16-10-13(21-9-8-20-6-1-2-14(20)11-21)3-4-17(16)27(25,26)15-5-7-22(12-15)18(23)24/h3-4,10,14-15H,1-2,5-9,11-12H2,(H,23,24)/t14-,15-/m0/s1. The number of hydrogen-bond acceptors (Lipinski definition) is 5. The highest BCUT2D eigenvalue weighted by Gasteiger charge is 2.37. The summed E-state index contributed by atoms with van der Waals surface area (Å²) in [6, 6.07) is 5.72. The summed E-state index contributed by atoms with van der Waals surface area (Å²) in [6.45, 7) is 4.29. The number of carboxylic acid groups (broad SMARTS) is 1. The van der Waals surface area contributed by atoms with Crippen molar-refractivity contribution >= 4 is 33.2 Å². The smallest absolute Gasteiger partial charge is 0.407 e. The second-order valence-electron chi connectivity index (χ2n) is 7.58. The van der Waals surface area contributed by atoms with Gasteiger partial charge in [-0.2, -0.15) is 0 Å². The lowest BCUT2D eigenvalue weighted by molar-refractivity contribution is 0.156. The van der Waals surface area contributed by atoms with Gasteiger partial charge in [0.05, 0.1) is 15.2 Å². The minimum Gasteiger partial charge on any atom is -0.465 e. The first-order valence-corrected chi connectivity index (χ1v) is 11.3. The molecule has 3 fully saturated rings. The Morgan fingerprint density at radius 2 is 1.93 bits per heavy atom. The fraction of sp³-hybridized carbons (Fsp3) is 0.611.